The summed E-state index contributed by atoms with van der Waals surface area (Å²) < 4.78 is 1.78. The maximum Gasteiger partial charge on any atom is 0.326 e. The van der Waals surface area contributed by atoms with Crippen molar-refractivity contribution in [2.75, 3.05) is 0 Å². The highest BCUT2D eigenvalue weighted by atomic mass is 16.1. The molecule has 2 rings (SSSR count). The number of imidazole rings is 1. The summed E-state index contributed by atoms with van der Waals surface area (Å²) in [6, 6.07) is 6.18. The summed E-state index contributed by atoms with van der Waals surface area (Å²) in [6.45, 7) is 10.1. The summed E-state index contributed by atoms with van der Waals surface area (Å²) in [5.74, 6) is 0. The second-order valence-corrected chi connectivity index (χ2v) is 3.91. The molecule has 1 N–H and O–H groups in total. The molecule has 0 amide bonds. The highest BCUT2D eigenvalue weighted by molar-refractivity contribution is 5.76. The number of hydrogen-bond acceptors (Lipinski definition) is 1. The van der Waals surface area contributed by atoms with Gasteiger partial charge < -0.3 is 4.98 Å². The smallest absolute Gasteiger partial charge is 0.306 e. The first-order valence-corrected chi connectivity index (χ1v) is 5.80. The molecule has 1 aromatic carbocycles. The van der Waals surface area contributed by atoms with Crippen molar-refractivity contribution in [2.45, 2.75) is 40.7 Å². The van der Waals surface area contributed by atoms with E-state index in [2.05, 4.69) is 4.98 Å². The van der Waals surface area contributed by atoms with E-state index in [1.165, 1.54) is 5.56 Å². The predicted octanol–water partition coefficient (Wildman–Crippen LogP) is 3.25. The summed E-state index contributed by atoms with van der Waals surface area (Å²) in [5, 5.41) is 0. The van der Waals surface area contributed by atoms with Crippen LogP contribution in [0.3, 0.4) is 0 Å². The van der Waals surface area contributed by atoms with Crippen LogP contribution >= 0.6 is 0 Å². The summed E-state index contributed by atoms with van der Waals surface area (Å²) in [5.41, 5.74) is 3.05. The van der Waals surface area contributed by atoms with E-state index in [1.807, 2.05) is 52.8 Å². The zero-order chi connectivity index (χ0) is 12.3. The first-order valence-electron chi connectivity index (χ1n) is 5.80. The number of H-pyrrole nitrogens is 1. The van der Waals surface area contributed by atoms with E-state index in [4.69, 9.17) is 0 Å². The Kier molecular flexibility index (Phi) is 3.93. The van der Waals surface area contributed by atoms with Crippen LogP contribution in [0.25, 0.3) is 11.0 Å². The predicted molar refractivity (Wildman–Crippen MR) is 69.0 cm³/mol. The van der Waals surface area contributed by atoms with Crippen molar-refractivity contribution in [3.05, 3.63) is 34.2 Å². The SMILES string of the molecule is CC.Cc1ccc2[nH]c(=O)n(C(C)C)c2c1. The van der Waals surface area contributed by atoms with E-state index in [1.54, 1.807) is 4.57 Å². The minimum atomic E-state index is -0.0272. The fraction of sp³-hybridized carbons (Fsp3) is 0.462. The molecule has 0 saturated carbocycles. The molecule has 0 unspecified atom stereocenters. The zero-order valence-electron chi connectivity index (χ0n) is 10.7. The van der Waals surface area contributed by atoms with E-state index in [0.29, 0.717) is 0 Å². The van der Waals surface area contributed by atoms with Gasteiger partial charge in [-0.25, -0.2) is 4.79 Å². The third kappa shape index (κ3) is 2.18. The lowest BCUT2D eigenvalue weighted by molar-refractivity contribution is 0.598. The van der Waals surface area contributed by atoms with Crippen LogP contribution in [-0.2, 0) is 0 Å². The van der Waals surface area contributed by atoms with E-state index in [9.17, 15) is 4.79 Å². The van der Waals surface area contributed by atoms with Gasteiger partial charge in [0.2, 0.25) is 0 Å². The number of rotatable bonds is 1. The fourth-order valence-electron chi connectivity index (χ4n) is 1.74. The van der Waals surface area contributed by atoms with Crippen LogP contribution in [0.4, 0.5) is 0 Å². The zero-order valence-corrected chi connectivity index (χ0v) is 10.7. The monoisotopic (exact) mass is 220 g/mol. The van der Waals surface area contributed by atoms with Crippen molar-refractivity contribution >= 4 is 11.0 Å². The van der Waals surface area contributed by atoms with Crippen LogP contribution in [0.1, 0.15) is 39.3 Å². The number of hydrogen-bond donors (Lipinski definition) is 1. The highest BCUT2D eigenvalue weighted by Crippen LogP contribution is 2.15. The molecule has 0 bridgehead atoms. The van der Waals surface area contributed by atoms with Crippen molar-refractivity contribution in [1.29, 1.82) is 0 Å². The van der Waals surface area contributed by atoms with E-state index < -0.39 is 0 Å². The molecule has 0 fully saturated rings. The molecule has 0 atom stereocenters. The Hall–Kier alpha value is -1.51. The summed E-state index contributed by atoms with van der Waals surface area (Å²) in [6.07, 6.45) is 0. The van der Waals surface area contributed by atoms with Crippen LogP contribution in [-0.4, -0.2) is 9.55 Å². The Morgan fingerprint density at radius 3 is 2.44 bits per heavy atom. The topological polar surface area (TPSA) is 37.8 Å². The lowest BCUT2D eigenvalue weighted by Gasteiger charge is -2.06. The highest BCUT2D eigenvalue weighted by Gasteiger charge is 2.08. The first kappa shape index (κ1) is 12.6. The lowest BCUT2D eigenvalue weighted by Crippen LogP contribution is -2.18. The minimum Gasteiger partial charge on any atom is -0.306 e. The van der Waals surface area contributed by atoms with Gasteiger partial charge in [0.15, 0.2) is 0 Å². The van der Waals surface area contributed by atoms with Crippen molar-refractivity contribution in [3.8, 4) is 0 Å². The summed E-state index contributed by atoms with van der Waals surface area (Å²) in [4.78, 5) is 14.4. The van der Waals surface area contributed by atoms with Crippen LogP contribution in [0.5, 0.6) is 0 Å². The fourth-order valence-corrected chi connectivity index (χ4v) is 1.74. The molecule has 1 aromatic heterocycles. The molecule has 88 valence electrons. The van der Waals surface area contributed by atoms with Gasteiger partial charge in [-0.2, -0.15) is 0 Å². The lowest BCUT2D eigenvalue weighted by atomic mass is 10.2. The Morgan fingerprint density at radius 2 is 1.88 bits per heavy atom. The van der Waals surface area contributed by atoms with Gasteiger partial charge in [0, 0.05) is 6.04 Å². The molecule has 1 heterocycles. The van der Waals surface area contributed by atoms with Crippen molar-refractivity contribution in [2.24, 2.45) is 0 Å². The molecule has 16 heavy (non-hydrogen) atoms. The normalized spacial score (nSPS) is 10.4. The maximum atomic E-state index is 11.6. The Morgan fingerprint density at radius 1 is 1.25 bits per heavy atom. The van der Waals surface area contributed by atoms with Crippen LogP contribution in [0.15, 0.2) is 23.0 Å². The standard InChI is InChI=1S/C11H14N2O.C2H6/c1-7(2)13-10-6-8(3)4-5-9(10)12-11(13)14;1-2/h4-7H,1-3H3,(H,12,14);1-2H3. The Balaban J connectivity index is 0.000000606. The maximum absolute atomic E-state index is 11.6. The molecule has 0 aliphatic carbocycles. The van der Waals surface area contributed by atoms with Gasteiger partial charge in [0.25, 0.3) is 0 Å². The first-order chi connectivity index (χ1) is 7.59. The van der Waals surface area contributed by atoms with Gasteiger partial charge in [-0.15, -0.1) is 0 Å². The second kappa shape index (κ2) is 5.01. The number of aromatic nitrogens is 2. The third-order valence-electron chi connectivity index (χ3n) is 2.39. The van der Waals surface area contributed by atoms with Gasteiger partial charge in [0.05, 0.1) is 11.0 Å². The largest absolute Gasteiger partial charge is 0.326 e. The molecule has 0 aliphatic rings. The van der Waals surface area contributed by atoms with Gasteiger partial charge in [-0.1, -0.05) is 19.9 Å². The van der Waals surface area contributed by atoms with Crippen molar-refractivity contribution < 1.29 is 0 Å². The Labute approximate surface area is 96.1 Å². The number of fused-ring (bicyclic) bond motifs is 1. The molecular weight excluding hydrogens is 200 g/mol. The van der Waals surface area contributed by atoms with Gasteiger partial charge >= 0.3 is 5.69 Å². The number of aryl methyl sites for hydroxylation is 1. The van der Waals surface area contributed by atoms with Crippen LogP contribution in [0.2, 0.25) is 0 Å². The number of nitrogens with zero attached hydrogens (tertiary/aromatic N) is 1. The Bertz CT molecular complexity index is 520. The number of aromatic amines is 1. The van der Waals surface area contributed by atoms with Crippen molar-refractivity contribution in [3.63, 3.8) is 0 Å². The summed E-state index contributed by atoms with van der Waals surface area (Å²) >= 11 is 0. The van der Waals surface area contributed by atoms with E-state index in [0.717, 1.165) is 11.0 Å². The van der Waals surface area contributed by atoms with E-state index >= 15 is 0 Å². The second-order valence-electron chi connectivity index (χ2n) is 3.91. The van der Waals surface area contributed by atoms with Crippen molar-refractivity contribution in [1.82, 2.24) is 9.55 Å². The molecule has 0 aliphatic heterocycles. The van der Waals surface area contributed by atoms with E-state index in [-0.39, 0.29) is 11.7 Å². The van der Waals surface area contributed by atoms with Crippen LogP contribution < -0.4 is 5.69 Å². The van der Waals surface area contributed by atoms with Gasteiger partial charge in [0.1, 0.15) is 0 Å². The molecule has 3 nitrogen and oxygen atoms in total. The van der Waals surface area contributed by atoms with Gasteiger partial charge in [-0.05, 0) is 38.5 Å². The average Bonchev–Trinajstić information content (AvgIpc) is 2.56. The van der Waals surface area contributed by atoms with Crippen LogP contribution in [0, 0.1) is 6.92 Å². The molecule has 0 spiro atoms. The summed E-state index contributed by atoms with van der Waals surface area (Å²) in [7, 11) is 0. The molecule has 2 aromatic rings. The average molecular weight is 220 g/mol. The quantitative estimate of drug-likeness (QED) is 0.787. The minimum absolute atomic E-state index is 0.0272. The third-order valence-corrected chi connectivity index (χ3v) is 2.39. The molecular formula is C13H20N2O. The molecule has 0 radical (unpaired) electrons. The molecule has 0 saturated heterocycles. The molecule has 3 heteroatoms. The number of benzene rings is 1. The number of nitrogens with one attached hydrogen (secondary N) is 1. The van der Waals surface area contributed by atoms with Gasteiger partial charge in [-0.3, -0.25) is 4.57 Å².